The van der Waals surface area contributed by atoms with Gasteiger partial charge in [-0.05, 0) is 48.5 Å². The summed E-state index contributed by atoms with van der Waals surface area (Å²) in [6.45, 7) is 0. The number of hydrogen-bond acceptors (Lipinski definition) is 4. The van der Waals surface area contributed by atoms with E-state index in [1.54, 1.807) is 18.9 Å². The number of methoxy groups -OCH3 is 1. The highest BCUT2D eigenvalue weighted by atomic mass is 32.2. The Labute approximate surface area is 140 Å². The quantitative estimate of drug-likeness (QED) is 0.636. The van der Waals surface area contributed by atoms with Crippen LogP contribution in [0.5, 0.6) is 5.75 Å². The second kappa shape index (κ2) is 7.11. The fourth-order valence-corrected chi connectivity index (χ4v) is 3.09. The molecule has 0 unspecified atom stereocenters. The normalized spacial score (nSPS) is 10.3. The molecule has 23 heavy (non-hydrogen) atoms. The molecular weight excluding hydrogens is 304 g/mol. The zero-order chi connectivity index (χ0) is 16.1. The Morgan fingerprint density at radius 2 is 1.61 bits per heavy atom. The predicted octanol–water partition coefficient (Wildman–Crippen LogP) is 5.17. The molecule has 0 fully saturated rings. The highest BCUT2D eigenvalue weighted by molar-refractivity contribution is 7.99. The van der Waals surface area contributed by atoms with Crippen LogP contribution in [0.1, 0.15) is 0 Å². The third-order valence-electron chi connectivity index (χ3n) is 3.33. The van der Waals surface area contributed by atoms with E-state index >= 15 is 0 Å². The van der Waals surface area contributed by atoms with Gasteiger partial charge in [0.15, 0.2) is 0 Å². The van der Waals surface area contributed by atoms with Gasteiger partial charge in [0.05, 0.1) is 12.0 Å². The minimum absolute atomic E-state index is 0.767. The predicted molar refractivity (Wildman–Crippen MR) is 97.7 cm³/mol. The molecule has 4 heteroatoms. The van der Waals surface area contributed by atoms with Gasteiger partial charge in [0.2, 0.25) is 0 Å². The van der Waals surface area contributed by atoms with Crippen molar-refractivity contribution in [1.29, 1.82) is 0 Å². The number of benzene rings is 3. The molecule has 0 bridgehead atoms. The summed E-state index contributed by atoms with van der Waals surface area (Å²) in [4.78, 5) is 2.19. The van der Waals surface area contributed by atoms with Crippen molar-refractivity contribution >= 4 is 28.8 Å². The van der Waals surface area contributed by atoms with Crippen LogP contribution in [0.4, 0.5) is 17.1 Å². The van der Waals surface area contributed by atoms with Crippen LogP contribution in [0.25, 0.3) is 0 Å². The number of nitrogens with two attached hydrogens (primary N) is 1. The van der Waals surface area contributed by atoms with Gasteiger partial charge in [-0.1, -0.05) is 30.0 Å². The average molecular weight is 322 g/mol. The standard InChI is InChI=1S/C19H18N2OS/c1-22-18-13-16(21-15-5-3-2-4-6-15)9-12-19(18)23-17-10-7-14(20)8-11-17/h2-13,21H,20H2,1H3. The summed E-state index contributed by atoms with van der Waals surface area (Å²) in [5.41, 5.74) is 8.54. The Kier molecular flexibility index (Phi) is 4.74. The number of para-hydroxylation sites is 1. The highest BCUT2D eigenvalue weighted by Gasteiger charge is 2.07. The Morgan fingerprint density at radius 1 is 0.870 bits per heavy atom. The van der Waals surface area contributed by atoms with E-state index in [0.29, 0.717) is 0 Å². The maximum Gasteiger partial charge on any atom is 0.134 e. The molecule has 0 aromatic heterocycles. The molecule has 0 radical (unpaired) electrons. The van der Waals surface area contributed by atoms with Crippen LogP contribution in [0.15, 0.2) is 82.6 Å². The SMILES string of the molecule is COc1cc(Nc2ccccc2)ccc1Sc1ccc(N)cc1. The van der Waals surface area contributed by atoms with Crippen molar-refractivity contribution in [3.8, 4) is 5.75 Å². The van der Waals surface area contributed by atoms with Crippen molar-refractivity contribution in [2.75, 3.05) is 18.2 Å². The zero-order valence-electron chi connectivity index (χ0n) is 12.8. The van der Waals surface area contributed by atoms with E-state index in [1.807, 2.05) is 60.7 Å². The maximum absolute atomic E-state index is 5.73. The number of ether oxygens (including phenoxy) is 1. The van der Waals surface area contributed by atoms with E-state index in [2.05, 4.69) is 17.4 Å². The number of rotatable bonds is 5. The van der Waals surface area contributed by atoms with Crippen molar-refractivity contribution in [3.05, 3.63) is 72.8 Å². The summed E-state index contributed by atoms with van der Waals surface area (Å²) < 4.78 is 5.53. The first kappa shape index (κ1) is 15.3. The molecular formula is C19H18N2OS. The van der Waals surface area contributed by atoms with Crippen LogP contribution in [0, 0.1) is 0 Å². The Bertz CT molecular complexity index is 773. The number of hydrogen-bond donors (Lipinski definition) is 2. The molecule has 0 spiro atoms. The topological polar surface area (TPSA) is 47.3 Å². The molecule has 0 atom stereocenters. The average Bonchev–Trinajstić information content (AvgIpc) is 2.59. The molecule has 0 amide bonds. The lowest BCUT2D eigenvalue weighted by Crippen LogP contribution is -1.92. The van der Waals surface area contributed by atoms with Gasteiger partial charge in [0.1, 0.15) is 5.75 Å². The van der Waals surface area contributed by atoms with Gasteiger partial charge in [0, 0.05) is 28.0 Å². The molecule has 116 valence electrons. The van der Waals surface area contributed by atoms with Crippen molar-refractivity contribution < 1.29 is 4.74 Å². The van der Waals surface area contributed by atoms with E-state index < -0.39 is 0 Å². The van der Waals surface area contributed by atoms with Crippen LogP contribution in [-0.4, -0.2) is 7.11 Å². The summed E-state index contributed by atoms with van der Waals surface area (Å²) in [5, 5.41) is 3.37. The van der Waals surface area contributed by atoms with Crippen LogP contribution in [0.3, 0.4) is 0 Å². The van der Waals surface area contributed by atoms with E-state index in [4.69, 9.17) is 10.5 Å². The summed E-state index contributed by atoms with van der Waals surface area (Å²) in [5.74, 6) is 0.841. The van der Waals surface area contributed by atoms with Gasteiger partial charge in [-0.25, -0.2) is 0 Å². The molecule has 0 heterocycles. The van der Waals surface area contributed by atoms with E-state index in [-0.39, 0.29) is 0 Å². The Balaban J connectivity index is 1.80. The third-order valence-corrected chi connectivity index (χ3v) is 4.40. The minimum atomic E-state index is 0.767. The molecule has 3 rings (SSSR count). The first-order chi connectivity index (χ1) is 11.2. The molecule has 0 saturated heterocycles. The van der Waals surface area contributed by atoms with Crippen LogP contribution in [0.2, 0.25) is 0 Å². The molecule has 3 nitrogen and oxygen atoms in total. The zero-order valence-corrected chi connectivity index (χ0v) is 13.6. The van der Waals surface area contributed by atoms with Gasteiger partial charge in [-0.3, -0.25) is 0 Å². The maximum atomic E-state index is 5.73. The smallest absolute Gasteiger partial charge is 0.134 e. The fraction of sp³-hybridized carbons (Fsp3) is 0.0526. The summed E-state index contributed by atoms with van der Waals surface area (Å²) in [6, 6.07) is 24.0. The van der Waals surface area contributed by atoms with E-state index in [1.165, 1.54) is 0 Å². The molecule has 0 saturated carbocycles. The lowest BCUT2D eigenvalue weighted by atomic mass is 10.2. The van der Waals surface area contributed by atoms with Gasteiger partial charge in [0.25, 0.3) is 0 Å². The largest absolute Gasteiger partial charge is 0.495 e. The summed E-state index contributed by atoms with van der Waals surface area (Å²) >= 11 is 1.65. The Morgan fingerprint density at radius 3 is 2.30 bits per heavy atom. The third kappa shape index (κ3) is 3.99. The summed E-state index contributed by atoms with van der Waals surface area (Å²) in [6.07, 6.45) is 0. The van der Waals surface area contributed by atoms with Crippen molar-refractivity contribution in [3.63, 3.8) is 0 Å². The van der Waals surface area contributed by atoms with E-state index in [9.17, 15) is 0 Å². The minimum Gasteiger partial charge on any atom is -0.495 e. The molecule has 3 aromatic carbocycles. The van der Waals surface area contributed by atoms with Crippen molar-refractivity contribution in [2.24, 2.45) is 0 Å². The lowest BCUT2D eigenvalue weighted by molar-refractivity contribution is 0.405. The lowest BCUT2D eigenvalue weighted by Gasteiger charge is -2.12. The Hall–Kier alpha value is -2.59. The fourth-order valence-electron chi connectivity index (χ4n) is 2.18. The van der Waals surface area contributed by atoms with Gasteiger partial charge < -0.3 is 15.8 Å². The number of anilines is 3. The second-order valence-corrected chi connectivity index (χ2v) is 6.14. The van der Waals surface area contributed by atoms with Crippen molar-refractivity contribution in [2.45, 2.75) is 9.79 Å². The molecule has 0 aliphatic rings. The van der Waals surface area contributed by atoms with Gasteiger partial charge >= 0.3 is 0 Å². The first-order valence-corrected chi connectivity index (χ1v) is 8.10. The van der Waals surface area contributed by atoms with Gasteiger partial charge in [-0.2, -0.15) is 0 Å². The molecule has 3 aromatic rings. The van der Waals surface area contributed by atoms with Crippen molar-refractivity contribution in [1.82, 2.24) is 0 Å². The van der Waals surface area contributed by atoms with Crippen LogP contribution >= 0.6 is 11.8 Å². The molecule has 3 N–H and O–H groups in total. The summed E-state index contributed by atoms with van der Waals surface area (Å²) in [7, 11) is 1.69. The molecule has 0 aliphatic carbocycles. The number of nitrogen functional groups attached to an aromatic ring is 1. The first-order valence-electron chi connectivity index (χ1n) is 7.28. The van der Waals surface area contributed by atoms with Crippen LogP contribution in [-0.2, 0) is 0 Å². The number of nitrogens with one attached hydrogen (secondary N) is 1. The second-order valence-electron chi connectivity index (χ2n) is 5.03. The van der Waals surface area contributed by atoms with E-state index in [0.717, 1.165) is 32.6 Å². The highest BCUT2D eigenvalue weighted by Crippen LogP contribution is 2.37. The molecule has 0 aliphatic heterocycles. The van der Waals surface area contributed by atoms with Gasteiger partial charge in [-0.15, -0.1) is 0 Å². The van der Waals surface area contributed by atoms with Crippen LogP contribution < -0.4 is 15.8 Å². The monoisotopic (exact) mass is 322 g/mol.